The summed E-state index contributed by atoms with van der Waals surface area (Å²) in [5.74, 6) is -0.0518. The number of nitrogens with one attached hydrogen (secondary N) is 1. The molecule has 35 heavy (non-hydrogen) atoms. The molecule has 2 aromatic rings. The third-order valence-corrected chi connectivity index (χ3v) is 7.91. The van der Waals surface area contributed by atoms with Gasteiger partial charge in [0, 0.05) is 31.9 Å². The number of amides is 1. The molecular weight excluding hydrogens is 474 g/mol. The Hall–Kier alpha value is -3.02. The van der Waals surface area contributed by atoms with E-state index in [2.05, 4.69) is 11.8 Å². The number of hydrogen-bond acceptors (Lipinski definition) is 8. The summed E-state index contributed by atoms with van der Waals surface area (Å²) in [6.07, 6.45) is 2.07. The molecule has 2 N–H and O–H groups in total. The summed E-state index contributed by atoms with van der Waals surface area (Å²) in [5, 5.41) is 9.22. The minimum atomic E-state index is -4.06. The number of ether oxygens (including phenoxy) is 3. The Bertz CT molecular complexity index is 1150. The molecule has 0 atom stereocenters. The maximum absolute atomic E-state index is 13.5. The van der Waals surface area contributed by atoms with Crippen molar-refractivity contribution in [1.29, 1.82) is 0 Å². The van der Waals surface area contributed by atoms with Crippen LogP contribution in [0.4, 0.5) is 5.69 Å². The van der Waals surface area contributed by atoms with Gasteiger partial charge in [0.1, 0.15) is 11.3 Å². The fourth-order valence-electron chi connectivity index (χ4n) is 4.04. The molecule has 1 aliphatic rings. The third-order valence-electron chi connectivity index (χ3n) is 5.97. The number of methoxy groups -OCH3 is 2. The largest absolute Gasteiger partial charge is 0.493 e. The van der Waals surface area contributed by atoms with Gasteiger partial charge in [-0.25, -0.2) is 13.9 Å². The van der Waals surface area contributed by atoms with Gasteiger partial charge >= 0.3 is 0 Å². The number of hydrogen-bond donors (Lipinski definition) is 2. The quantitative estimate of drug-likeness (QED) is 0.286. The van der Waals surface area contributed by atoms with E-state index in [1.165, 1.54) is 36.1 Å². The summed E-state index contributed by atoms with van der Waals surface area (Å²) < 4.78 is 44.6. The van der Waals surface area contributed by atoms with Crippen LogP contribution in [0.3, 0.4) is 0 Å². The van der Waals surface area contributed by atoms with E-state index in [-0.39, 0.29) is 35.0 Å². The molecule has 0 saturated carbocycles. The van der Waals surface area contributed by atoms with Crippen molar-refractivity contribution in [3.8, 4) is 17.2 Å². The van der Waals surface area contributed by atoms with Crippen molar-refractivity contribution in [2.45, 2.75) is 31.6 Å². The Balaban J connectivity index is 1.80. The van der Waals surface area contributed by atoms with E-state index in [0.29, 0.717) is 19.7 Å². The minimum Gasteiger partial charge on any atom is -0.493 e. The average molecular weight is 508 g/mol. The van der Waals surface area contributed by atoms with Gasteiger partial charge in [-0.3, -0.25) is 10.0 Å². The summed E-state index contributed by atoms with van der Waals surface area (Å²) in [4.78, 5) is 14.2. The number of sulfonamides is 1. The molecule has 1 heterocycles. The van der Waals surface area contributed by atoms with Gasteiger partial charge < -0.3 is 19.1 Å². The van der Waals surface area contributed by atoms with Crippen LogP contribution in [-0.4, -0.2) is 70.8 Å². The van der Waals surface area contributed by atoms with Gasteiger partial charge in [0.05, 0.1) is 25.7 Å². The highest BCUT2D eigenvalue weighted by Gasteiger charge is 2.34. The second-order valence-corrected chi connectivity index (χ2v) is 10.1. The van der Waals surface area contributed by atoms with E-state index in [0.717, 1.165) is 29.8 Å². The molecule has 0 bridgehead atoms. The number of aryl methyl sites for hydroxylation is 1. The first kappa shape index (κ1) is 26.6. The molecular formula is C24H33N3O7S. The van der Waals surface area contributed by atoms with E-state index >= 15 is 0 Å². The van der Waals surface area contributed by atoms with Gasteiger partial charge in [0.2, 0.25) is 10.0 Å². The van der Waals surface area contributed by atoms with Crippen molar-refractivity contribution in [3.05, 3.63) is 41.5 Å². The first-order valence-corrected chi connectivity index (χ1v) is 12.9. The van der Waals surface area contributed by atoms with Gasteiger partial charge in [0.25, 0.3) is 5.91 Å². The van der Waals surface area contributed by atoms with Crippen LogP contribution in [0.5, 0.6) is 17.2 Å². The van der Waals surface area contributed by atoms with Gasteiger partial charge in [-0.1, -0.05) is 13.3 Å². The lowest BCUT2D eigenvalue weighted by Crippen LogP contribution is -2.49. The lowest BCUT2D eigenvalue weighted by atomic mass is 10.1. The molecule has 2 aromatic carbocycles. The van der Waals surface area contributed by atoms with Crippen molar-refractivity contribution in [2.24, 2.45) is 0 Å². The summed E-state index contributed by atoms with van der Waals surface area (Å²) >= 11 is 0. The standard InChI is InChI=1S/C24H33N3O7S/c1-5-6-15-34-19-8-7-18(16-17(19)2)26-11-13-27(14-12-26)35(30,31)21-10-9-20(32-3)23(33-4)22(21)24(28)25-29/h7-10,16,29H,5-6,11-15H2,1-4H3,(H,25,28). The first-order valence-electron chi connectivity index (χ1n) is 11.5. The molecule has 0 aliphatic carbocycles. The lowest BCUT2D eigenvalue weighted by Gasteiger charge is -2.36. The van der Waals surface area contributed by atoms with Crippen molar-refractivity contribution < 1.29 is 32.6 Å². The number of carbonyl (C=O) groups is 1. The molecule has 1 fully saturated rings. The number of nitrogens with zero attached hydrogens (tertiary/aromatic N) is 2. The monoisotopic (exact) mass is 507 g/mol. The molecule has 1 aliphatic heterocycles. The van der Waals surface area contributed by atoms with E-state index < -0.39 is 15.9 Å². The highest BCUT2D eigenvalue weighted by Crippen LogP contribution is 2.37. The smallest absolute Gasteiger partial charge is 0.279 e. The SMILES string of the molecule is CCCCOc1ccc(N2CCN(S(=O)(=O)c3ccc(OC)c(OC)c3C(=O)NO)CC2)cc1C. The Labute approximate surface area is 206 Å². The zero-order valence-corrected chi connectivity index (χ0v) is 21.4. The van der Waals surface area contributed by atoms with Crippen molar-refractivity contribution in [2.75, 3.05) is 51.9 Å². The molecule has 11 heteroatoms. The molecule has 0 spiro atoms. The Morgan fingerprint density at radius 3 is 2.31 bits per heavy atom. The van der Waals surface area contributed by atoms with Crippen LogP contribution in [0, 0.1) is 6.92 Å². The Morgan fingerprint density at radius 1 is 1.06 bits per heavy atom. The molecule has 1 saturated heterocycles. The summed E-state index contributed by atoms with van der Waals surface area (Å²) in [6, 6.07) is 8.68. The van der Waals surface area contributed by atoms with Crippen molar-refractivity contribution in [1.82, 2.24) is 9.79 Å². The fraction of sp³-hybridized carbons (Fsp3) is 0.458. The van der Waals surface area contributed by atoms with E-state index in [1.54, 1.807) is 0 Å². The molecule has 0 aromatic heterocycles. The van der Waals surface area contributed by atoms with Crippen LogP contribution in [0.15, 0.2) is 35.2 Å². The van der Waals surface area contributed by atoms with E-state index in [1.807, 2.05) is 25.1 Å². The Morgan fingerprint density at radius 2 is 1.74 bits per heavy atom. The van der Waals surface area contributed by atoms with E-state index in [9.17, 15) is 18.4 Å². The molecule has 0 radical (unpaired) electrons. The number of piperazine rings is 1. The van der Waals surface area contributed by atoms with Gasteiger partial charge in [0.15, 0.2) is 11.5 Å². The average Bonchev–Trinajstić information content (AvgIpc) is 2.88. The molecule has 0 unspecified atom stereocenters. The number of unbranched alkanes of at least 4 members (excludes halogenated alkanes) is 1. The van der Waals surface area contributed by atoms with Crippen LogP contribution in [0.1, 0.15) is 35.7 Å². The van der Waals surface area contributed by atoms with E-state index in [4.69, 9.17) is 14.2 Å². The normalized spacial score (nSPS) is 14.5. The van der Waals surface area contributed by atoms with Crippen LogP contribution in [0.2, 0.25) is 0 Å². The second kappa shape index (κ2) is 11.6. The minimum absolute atomic E-state index is 0.0736. The molecule has 10 nitrogen and oxygen atoms in total. The molecule has 192 valence electrons. The number of rotatable bonds is 10. The number of carbonyl (C=O) groups excluding carboxylic acids is 1. The maximum atomic E-state index is 13.5. The summed E-state index contributed by atoms with van der Waals surface area (Å²) in [7, 11) is -1.39. The number of hydroxylamine groups is 1. The highest BCUT2D eigenvalue weighted by atomic mass is 32.2. The van der Waals surface area contributed by atoms with Crippen molar-refractivity contribution >= 4 is 21.6 Å². The summed E-state index contributed by atoms with van der Waals surface area (Å²) in [5.41, 5.74) is 3.21. The van der Waals surface area contributed by atoms with Crippen LogP contribution in [-0.2, 0) is 10.0 Å². The maximum Gasteiger partial charge on any atom is 0.279 e. The third kappa shape index (κ3) is 5.63. The van der Waals surface area contributed by atoms with Crippen LogP contribution in [0.25, 0.3) is 0 Å². The van der Waals surface area contributed by atoms with Crippen LogP contribution < -0.4 is 24.6 Å². The van der Waals surface area contributed by atoms with Gasteiger partial charge in [-0.15, -0.1) is 0 Å². The van der Waals surface area contributed by atoms with Gasteiger partial charge in [-0.2, -0.15) is 4.31 Å². The predicted octanol–water partition coefficient (Wildman–Crippen LogP) is 2.82. The molecule has 3 rings (SSSR count). The zero-order chi connectivity index (χ0) is 25.6. The van der Waals surface area contributed by atoms with Crippen LogP contribution >= 0.6 is 0 Å². The first-order chi connectivity index (χ1) is 16.8. The van der Waals surface area contributed by atoms with Crippen molar-refractivity contribution in [3.63, 3.8) is 0 Å². The molecule has 1 amide bonds. The summed E-state index contributed by atoms with van der Waals surface area (Å²) in [6.45, 7) is 6.20. The second-order valence-electron chi connectivity index (χ2n) is 8.16. The number of benzene rings is 2. The Kier molecular flexibility index (Phi) is 8.82. The lowest BCUT2D eigenvalue weighted by molar-refractivity contribution is 0.0698. The highest BCUT2D eigenvalue weighted by molar-refractivity contribution is 7.89. The van der Waals surface area contributed by atoms with Gasteiger partial charge in [-0.05, 0) is 49.2 Å². The zero-order valence-electron chi connectivity index (χ0n) is 20.5. The number of anilines is 1. The fourth-order valence-corrected chi connectivity index (χ4v) is 5.64. The topological polar surface area (TPSA) is 118 Å². The predicted molar refractivity (Wildman–Crippen MR) is 131 cm³/mol.